The first-order valence-electron chi connectivity index (χ1n) is 8.34. The van der Waals surface area contributed by atoms with Crippen molar-refractivity contribution >= 4 is 27.7 Å². The molecule has 0 atom stereocenters. The van der Waals surface area contributed by atoms with Gasteiger partial charge in [0.2, 0.25) is 5.91 Å². The minimum atomic E-state index is -0.0729. The normalized spacial score (nSPS) is 16.0. The van der Waals surface area contributed by atoms with Crippen molar-refractivity contribution in [1.29, 1.82) is 0 Å². The van der Waals surface area contributed by atoms with Crippen molar-refractivity contribution in [2.75, 3.05) is 32.7 Å². The number of aromatic nitrogens is 2. The highest BCUT2D eigenvalue weighted by atomic mass is 79.9. The van der Waals surface area contributed by atoms with Crippen molar-refractivity contribution in [3.63, 3.8) is 0 Å². The lowest BCUT2D eigenvalue weighted by molar-refractivity contribution is -0.123. The molecule has 7 nitrogen and oxygen atoms in total. The van der Waals surface area contributed by atoms with Crippen molar-refractivity contribution in [2.45, 2.75) is 39.7 Å². The van der Waals surface area contributed by atoms with Crippen LogP contribution in [0.15, 0.2) is 4.47 Å². The summed E-state index contributed by atoms with van der Waals surface area (Å²) in [5.74, 6) is 0.224. The summed E-state index contributed by atoms with van der Waals surface area (Å²) in [6.45, 7) is 11.0. The first-order chi connectivity index (χ1) is 11.3. The zero-order valence-electron chi connectivity index (χ0n) is 14.7. The van der Waals surface area contributed by atoms with Gasteiger partial charge in [-0.2, -0.15) is 5.10 Å². The molecular weight excluding hydrogens is 374 g/mol. The van der Waals surface area contributed by atoms with Gasteiger partial charge in [-0.1, -0.05) is 13.8 Å². The largest absolute Gasteiger partial charge is 0.353 e. The highest BCUT2D eigenvalue weighted by molar-refractivity contribution is 9.10. The number of amides is 2. The molecule has 1 aromatic rings. The highest BCUT2D eigenvalue weighted by Gasteiger charge is 2.27. The molecule has 2 heterocycles. The van der Waals surface area contributed by atoms with Gasteiger partial charge in [0.05, 0.1) is 16.7 Å². The molecule has 8 heteroatoms. The number of piperazine rings is 1. The van der Waals surface area contributed by atoms with Gasteiger partial charge in [-0.3, -0.25) is 19.6 Å². The second-order valence-electron chi connectivity index (χ2n) is 6.75. The third-order valence-electron chi connectivity index (χ3n) is 3.99. The topological polar surface area (TPSA) is 81.3 Å². The molecule has 1 aliphatic rings. The molecule has 1 aliphatic heterocycles. The smallest absolute Gasteiger partial charge is 0.275 e. The first-order valence-corrected chi connectivity index (χ1v) is 9.13. The minimum Gasteiger partial charge on any atom is -0.353 e. The van der Waals surface area contributed by atoms with E-state index in [1.165, 1.54) is 0 Å². The van der Waals surface area contributed by atoms with Gasteiger partial charge >= 0.3 is 0 Å². The fraction of sp³-hybridized carbons (Fsp3) is 0.688. The van der Waals surface area contributed by atoms with E-state index in [-0.39, 0.29) is 23.8 Å². The van der Waals surface area contributed by atoms with Crippen LogP contribution in [0.25, 0.3) is 0 Å². The number of carbonyl (C=O) groups is 2. The van der Waals surface area contributed by atoms with E-state index in [1.807, 2.05) is 27.7 Å². The molecule has 1 fully saturated rings. The van der Waals surface area contributed by atoms with Gasteiger partial charge in [0.1, 0.15) is 0 Å². The second kappa shape index (κ2) is 8.11. The molecule has 0 radical (unpaired) electrons. The van der Waals surface area contributed by atoms with E-state index in [0.29, 0.717) is 38.4 Å². The van der Waals surface area contributed by atoms with E-state index < -0.39 is 0 Å². The summed E-state index contributed by atoms with van der Waals surface area (Å²) in [7, 11) is 0. The lowest BCUT2D eigenvalue weighted by atomic mass is 10.1. The highest BCUT2D eigenvalue weighted by Crippen LogP contribution is 2.26. The van der Waals surface area contributed by atoms with Crippen LogP contribution in [-0.2, 0) is 4.79 Å². The Morgan fingerprint density at radius 2 is 1.83 bits per heavy atom. The summed E-state index contributed by atoms with van der Waals surface area (Å²) >= 11 is 3.48. The molecule has 1 aromatic heterocycles. The average molecular weight is 400 g/mol. The Bertz CT molecular complexity index is 591. The molecule has 1 saturated heterocycles. The van der Waals surface area contributed by atoms with Crippen LogP contribution in [0.3, 0.4) is 0 Å². The summed E-state index contributed by atoms with van der Waals surface area (Å²) in [5.41, 5.74) is 1.37. The SMILES string of the molecule is CC(C)NC(=O)CN1CCN(C(=O)c2n[nH]c(C(C)C)c2Br)CC1. The Labute approximate surface area is 151 Å². The number of hydrogen-bond acceptors (Lipinski definition) is 4. The monoisotopic (exact) mass is 399 g/mol. The van der Waals surface area contributed by atoms with Crippen LogP contribution in [0.4, 0.5) is 0 Å². The van der Waals surface area contributed by atoms with Crippen LogP contribution >= 0.6 is 15.9 Å². The Morgan fingerprint density at radius 1 is 1.21 bits per heavy atom. The maximum absolute atomic E-state index is 12.6. The third-order valence-corrected chi connectivity index (χ3v) is 4.79. The van der Waals surface area contributed by atoms with E-state index in [0.717, 1.165) is 10.2 Å². The Hall–Kier alpha value is -1.41. The molecule has 0 aliphatic carbocycles. The van der Waals surface area contributed by atoms with Gasteiger partial charge in [0.15, 0.2) is 5.69 Å². The Kier molecular flexibility index (Phi) is 6.40. The van der Waals surface area contributed by atoms with Gasteiger partial charge in [-0.25, -0.2) is 0 Å². The molecule has 24 heavy (non-hydrogen) atoms. The molecule has 2 N–H and O–H groups in total. The summed E-state index contributed by atoms with van der Waals surface area (Å²) < 4.78 is 0.751. The third kappa shape index (κ3) is 4.57. The number of nitrogens with zero attached hydrogens (tertiary/aromatic N) is 3. The van der Waals surface area contributed by atoms with Gasteiger partial charge in [-0.05, 0) is 35.7 Å². The predicted molar refractivity (Wildman–Crippen MR) is 96.0 cm³/mol. The molecule has 0 spiro atoms. The maximum Gasteiger partial charge on any atom is 0.275 e. The predicted octanol–water partition coefficient (Wildman–Crippen LogP) is 1.58. The van der Waals surface area contributed by atoms with Crippen molar-refractivity contribution in [2.24, 2.45) is 0 Å². The molecule has 0 saturated carbocycles. The molecule has 134 valence electrons. The molecule has 0 bridgehead atoms. The molecule has 0 aromatic carbocycles. The summed E-state index contributed by atoms with van der Waals surface area (Å²) in [4.78, 5) is 28.3. The zero-order chi connectivity index (χ0) is 17.9. The number of nitrogens with one attached hydrogen (secondary N) is 2. The van der Waals surface area contributed by atoms with E-state index in [2.05, 4.69) is 36.3 Å². The fourth-order valence-electron chi connectivity index (χ4n) is 2.70. The number of carbonyl (C=O) groups excluding carboxylic acids is 2. The zero-order valence-corrected chi connectivity index (χ0v) is 16.3. The number of aromatic amines is 1. The number of H-pyrrole nitrogens is 1. The van der Waals surface area contributed by atoms with Crippen LogP contribution in [-0.4, -0.2) is 70.6 Å². The van der Waals surface area contributed by atoms with Crippen LogP contribution in [0, 0.1) is 0 Å². The number of hydrogen-bond donors (Lipinski definition) is 2. The molecule has 2 rings (SSSR count). The minimum absolute atomic E-state index is 0.0291. The summed E-state index contributed by atoms with van der Waals surface area (Å²) in [6.07, 6.45) is 0. The maximum atomic E-state index is 12.6. The van der Waals surface area contributed by atoms with Gasteiger partial charge in [0, 0.05) is 32.2 Å². The van der Waals surface area contributed by atoms with E-state index in [9.17, 15) is 9.59 Å². The standard InChI is InChI=1S/C16H26BrN5O2/c1-10(2)14-13(17)15(20-19-14)16(24)22-7-5-21(6-8-22)9-12(23)18-11(3)4/h10-11H,5-9H2,1-4H3,(H,18,23)(H,19,20). The van der Waals surface area contributed by atoms with Gasteiger partial charge in [-0.15, -0.1) is 0 Å². The quantitative estimate of drug-likeness (QED) is 0.787. The van der Waals surface area contributed by atoms with Crippen LogP contribution in [0.5, 0.6) is 0 Å². The lowest BCUT2D eigenvalue weighted by Crippen LogP contribution is -2.51. The molecule has 2 amide bonds. The van der Waals surface area contributed by atoms with Crippen molar-refractivity contribution < 1.29 is 9.59 Å². The van der Waals surface area contributed by atoms with E-state index in [1.54, 1.807) is 4.90 Å². The van der Waals surface area contributed by atoms with Crippen molar-refractivity contribution in [3.05, 3.63) is 15.9 Å². The Balaban J connectivity index is 1.90. The van der Waals surface area contributed by atoms with Crippen molar-refractivity contribution in [3.8, 4) is 0 Å². The van der Waals surface area contributed by atoms with E-state index in [4.69, 9.17) is 0 Å². The molecular formula is C16H26BrN5O2. The first kappa shape index (κ1) is 18.9. The molecule has 0 unspecified atom stereocenters. The van der Waals surface area contributed by atoms with Crippen LogP contribution < -0.4 is 5.32 Å². The summed E-state index contributed by atoms with van der Waals surface area (Å²) in [6, 6.07) is 0.146. The van der Waals surface area contributed by atoms with E-state index >= 15 is 0 Å². The lowest BCUT2D eigenvalue weighted by Gasteiger charge is -2.34. The average Bonchev–Trinajstić information content (AvgIpc) is 2.88. The van der Waals surface area contributed by atoms with Crippen molar-refractivity contribution in [1.82, 2.24) is 25.3 Å². The van der Waals surface area contributed by atoms with Crippen LogP contribution in [0.1, 0.15) is 49.8 Å². The number of halogens is 1. The fourth-order valence-corrected chi connectivity index (χ4v) is 3.50. The van der Waals surface area contributed by atoms with Crippen LogP contribution in [0.2, 0.25) is 0 Å². The number of rotatable bonds is 5. The summed E-state index contributed by atoms with van der Waals surface area (Å²) in [5, 5.41) is 10.00. The van der Waals surface area contributed by atoms with Gasteiger partial charge < -0.3 is 10.2 Å². The Morgan fingerprint density at radius 3 is 2.33 bits per heavy atom. The second-order valence-corrected chi connectivity index (χ2v) is 7.54. The van der Waals surface area contributed by atoms with Gasteiger partial charge in [0.25, 0.3) is 5.91 Å².